The van der Waals surface area contributed by atoms with Crippen LogP contribution in [0, 0.1) is 10.1 Å². The molecular formula is C12H14N2O3. The minimum Gasteiger partial charge on any atom is -0.371 e. The third-order valence-electron chi connectivity index (χ3n) is 2.97. The molecule has 0 unspecified atom stereocenters. The maximum absolute atomic E-state index is 11.3. The number of anilines is 1. The highest BCUT2D eigenvalue weighted by molar-refractivity contribution is 5.79. The first-order valence-corrected chi connectivity index (χ1v) is 5.68. The number of benzene rings is 1. The number of carbonyl (C=O) groups excluding carboxylic acids is 1. The number of hydrogen-bond acceptors (Lipinski definition) is 4. The van der Waals surface area contributed by atoms with Crippen molar-refractivity contribution in [1.29, 1.82) is 0 Å². The van der Waals surface area contributed by atoms with Crippen molar-refractivity contribution in [2.45, 2.75) is 19.3 Å². The van der Waals surface area contributed by atoms with Crippen LogP contribution >= 0.6 is 0 Å². The van der Waals surface area contributed by atoms with Gasteiger partial charge in [-0.25, -0.2) is 0 Å². The molecule has 0 aliphatic carbocycles. The Labute approximate surface area is 99.2 Å². The maximum Gasteiger partial charge on any atom is 0.269 e. The standard InChI is InChI=1S/C12H14N2O3/c15-12-2-1-8-13(9-7-12)10-3-5-11(6-4-10)14(16)17/h3-6H,1-2,7-9H2. The van der Waals surface area contributed by atoms with Crippen LogP contribution in [0.2, 0.25) is 0 Å². The second-order valence-electron chi connectivity index (χ2n) is 4.15. The topological polar surface area (TPSA) is 63.5 Å². The van der Waals surface area contributed by atoms with E-state index in [-0.39, 0.29) is 5.69 Å². The smallest absolute Gasteiger partial charge is 0.269 e. The van der Waals surface area contributed by atoms with E-state index in [4.69, 9.17) is 0 Å². The van der Waals surface area contributed by atoms with E-state index in [0.717, 1.165) is 18.7 Å². The average Bonchev–Trinajstić information content (AvgIpc) is 2.54. The van der Waals surface area contributed by atoms with Gasteiger partial charge in [-0.15, -0.1) is 0 Å². The zero-order valence-electron chi connectivity index (χ0n) is 9.46. The lowest BCUT2D eigenvalue weighted by Gasteiger charge is -2.21. The largest absolute Gasteiger partial charge is 0.371 e. The Balaban J connectivity index is 2.11. The number of nitro benzene ring substituents is 1. The summed E-state index contributed by atoms with van der Waals surface area (Å²) in [5.74, 6) is 0.300. The monoisotopic (exact) mass is 234 g/mol. The second kappa shape index (κ2) is 4.95. The number of carbonyl (C=O) groups is 1. The molecule has 90 valence electrons. The molecule has 1 aromatic rings. The third kappa shape index (κ3) is 2.81. The first-order chi connectivity index (χ1) is 8.16. The molecule has 0 bridgehead atoms. The highest BCUT2D eigenvalue weighted by Crippen LogP contribution is 2.21. The van der Waals surface area contributed by atoms with Crippen LogP contribution in [0.15, 0.2) is 24.3 Å². The van der Waals surface area contributed by atoms with E-state index in [1.54, 1.807) is 12.1 Å². The van der Waals surface area contributed by atoms with Gasteiger partial charge in [-0.2, -0.15) is 0 Å². The number of Topliss-reactive ketones (excluding diaryl/α,β-unsaturated/α-hetero) is 1. The Morgan fingerprint density at radius 3 is 2.47 bits per heavy atom. The van der Waals surface area contributed by atoms with Gasteiger partial charge in [0.05, 0.1) is 4.92 Å². The number of rotatable bonds is 2. The Bertz CT molecular complexity index is 428. The molecule has 0 amide bonds. The van der Waals surface area contributed by atoms with Crippen LogP contribution in [0.1, 0.15) is 19.3 Å². The minimum atomic E-state index is -0.407. The Morgan fingerprint density at radius 2 is 1.82 bits per heavy atom. The maximum atomic E-state index is 11.3. The van der Waals surface area contributed by atoms with Crippen LogP contribution < -0.4 is 4.90 Å². The van der Waals surface area contributed by atoms with Gasteiger partial charge in [0, 0.05) is 43.8 Å². The molecule has 0 N–H and O–H groups in total. The lowest BCUT2D eigenvalue weighted by Crippen LogP contribution is -2.24. The SMILES string of the molecule is O=C1CCCN(c2ccc([N+](=O)[O-])cc2)CC1. The van der Waals surface area contributed by atoms with E-state index in [1.165, 1.54) is 12.1 Å². The summed E-state index contributed by atoms with van der Waals surface area (Å²) < 4.78 is 0. The number of ketones is 1. The molecule has 1 fully saturated rings. The molecule has 0 atom stereocenters. The summed E-state index contributed by atoms with van der Waals surface area (Å²) in [6, 6.07) is 6.49. The molecule has 17 heavy (non-hydrogen) atoms. The summed E-state index contributed by atoms with van der Waals surface area (Å²) in [5, 5.41) is 10.5. The fourth-order valence-corrected chi connectivity index (χ4v) is 2.01. The molecule has 5 heteroatoms. The first kappa shape index (κ1) is 11.6. The Hall–Kier alpha value is -1.91. The van der Waals surface area contributed by atoms with Crippen molar-refractivity contribution in [2.24, 2.45) is 0 Å². The Kier molecular flexibility index (Phi) is 3.37. The van der Waals surface area contributed by atoms with E-state index in [0.29, 0.717) is 25.2 Å². The molecule has 1 saturated heterocycles. The Morgan fingerprint density at radius 1 is 1.12 bits per heavy atom. The van der Waals surface area contributed by atoms with Gasteiger partial charge < -0.3 is 4.90 Å². The highest BCUT2D eigenvalue weighted by Gasteiger charge is 2.15. The lowest BCUT2D eigenvalue weighted by molar-refractivity contribution is -0.384. The summed E-state index contributed by atoms with van der Waals surface area (Å²) in [4.78, 5) is 23.5. The number of nitrogens with zero attached hydrogens (tertiary/aromatic N) is 2. The van der Waals surface area contributed by atoms with E-state index in [2.05, 4.69) is 4.90 Å². The molecule has 1 aromatic carbocycles. The minimum absolute atomic E-state index is 0.0969. The van der Waals surface area contributed by atoms with Crippen LogP contribution in [0.3, 0.4) is 0 Å². The van der Waals surface area contributed by atoms with Crippen molar-refractivity contribution in [2.75, 3.05) is 18.0 Å². The average molecular weight is 234 g/mol. The van der Waals surface area contributed by atoms with Crippen LogP contribution in [0.4, 0.5) is 11.4 Å². The molecule has 1 aliphatic rings. The number of hydrogen-bond donors (Lipinski definition) is 0. The van der Waals surface area contributed by atoms with E-state index in [1.807, 2.05) is 0 Å². The predicted molar refractivity (Wildman–Crippen MR) is 64.2 cm³/mol. The molecule has 0 spiro atoms. The molecule has 1 heterocycles. The normalized spacial score (nSPS) is 16.7. The van der Waals surface area contributed by atoms with Gasteiger partial charge in [-0.1, -0.05) is 0 Å². The first-order valence-electron chi connectivity index (χ1n) is 5.68. The molecule has 5 nitrogen and oxygen atoms in total. The second-order valence-corrected chi connectivity index (χ2v) is 4.15. The van der Waals surface area contributed by atoms with Crippen LogP contribution in [0.25, 0.3) is 0 Å². The van der Waals surface area contributed by atoms with E-state index < -0.39 is 4.92 Å². The summed E-state index contributed by atoms with van der Waals surface area (Å²) >= 11 is 0. The molecular weight excluding hydrogens is 220 g/mol. The molecule has 1 aliphatic heterocycles. The van der Waals surface area contributed by atoms with Crippen molar-refractivity contribution >= 4 is 17.2 Å². The highest BCUT2D eigenvalue weighted by atomic mass is 16.6. The van der Waals surface area contributed by atoms with Gasteiger partial charge in [0.25, 0.3) is 5.69 Å². The molecule has 0 saturated carbocycles. The van der Waals surface area contributed by atoms with Crippen LogP contribution in [-0.4, -0.2) is 23.8 Å². The quantitative estimate of drug-likeness (QED) is 0.581. The van der Waals surface area contributed by atoms with Crippen LogP contribution in [0.5, 0.6) is 0 Å². The molecule has 0 radical (unpaired) electrons. The van der Waals surface area contributed by atoms with Gasteiger partial charge in [-0.05, 0) is 18.6 Å². The van der Waals surface area contributed by atoms with Crippen molar-refractivity contribution in [3.05, 3.63) is 34.4 Å². The van der Waals surface area contributed by atoms with Gasteiger partial charge in [0.1, 0.15) is 5.78 Å². The van der Waals surface area contributed by atoms with Gasteiger partial charge >= 0.3 is 0 Å². The van der Waals surface area contributed by atoms with Gasteiger partial charge in [0.15, 0.2) is 0 Å². The summed E-state index contributed by atoms with van der Waals surface area (Å²) in [5.41, 5.74) is 1.05. The van der Waals surface area contributed by atoms with Crippen molar-refractivity contribution in [3.63, 3.8) is 0 Å². The van der Waals surface area contributed by atoms with Gasteiger partial charge in [-0.3, -0.25) is 14.9 Å². The molecule has 2 rings (SSSR count). The van der Waals surface area contributed by atoms with Crippen molar-refractivity contribution in [3.8, 4) is 0 Å². The summed E-state index contributed by atoms with van der Waals surface area (Å²) in [6.07, 6.45) is 2.07. The fraction of sp³-hybridized carbons (Fsp3) is 0.417. The summed E-state index contributed by atoms with van der Waals surface area (Å²) in [6.45, 7) is 1.54. The zero-order chi connectivity index (χ0) is 12.3. The van der Waals surface area contributed by atoms with Crippen molar-refractivity contribution < 1.29 is 9.72 Å². The van der Waals surface area contributed by atoms with E-state index in [9.17, 15) is 14.9 Å². The van der Waals surface area contributed by atoms with Crippen molar-refractivity contribution in [1.82, 2.24) is 0 Å². The molecule has 0 aromatic heterocycles. The number of non-ortho nitro benzene ring substituents is 1. The predicted octanol–water partition coefficient (Wildman–Crippen LogP) is 2.15. The number of nitro groups is 1. The zero-order valence-corrected chi connectivity index (χ0v) is 9.46. The fourth-order valence-electron chi connectivity index (χ4n) is 2.01. The summed E-state index contributed by atoms with van der Waals surface area (Å²) in [7, 11) is 0. The third-order valence-corrected chi connectivity index (χ3v) is 2.97. The van der Waals surface area contributed by atoms with Crippen LogP contribution in [-0.2, 0) is 4.79 Å². The van der Waals surface area contributed by atoms with Gasteiger partial charge in [0.2, 0.25) is 0 Å². The van der Waals surface area contributed by atoms with E-state index >= 15 is 0 Å². The lowest BCUT2D eigenvalue weighted by atomic mass is 10.2.